The van der Waals surface area contributed by atoms with E-state index in [1.54, 1.807) is 0 Å². The third-order valence-corrected chi connectivity index (χ3v) is 6.09. The topological polar surface area (TPSA) is 49.2 Å². The lowest BCUT2D eigenvalue weighted by Gasteiger charge is -2.32. The van der Waals surface area contributed by atoms with Gasteiger partial charge in [-0.05, 0) is 64.2 Å². The molecule has 0 atom stereocenters. The van der Waals surface area contributed by atoms with Gasteiger partial charge in [0.05, 0.1) is 22.9 Å². The first-order valence-electron chi connectivity index (χ1n) is 9.65. The fourth-order valence-electron chi connectivity index (χ4n) is 3.51. The second-order valence-electron chi connectivity index (χ2n) is 8.66. The predicted molar refractivity (Wildman–Crippen MR) is 107 cm³/mol. The van der Waals surface area contributed by atoms with E-state index in [9.17, 15) is 0 Å². The van der Waals surface area contributed by atoms with Crippen LogP contribution in [0.2, 0.25) is 0 Å². The molecule has 0 N–H and O–H groups in total. The van der Waals surface area contributed by atoms with Crippen molar-refractivity contribution in [2.75, 3.05) is 0 Å². The summed E-state index contributed by atoms with van der Waals surface area (Å²) in [5.74, 6) is 1.48. The Morgan fingerprint density at radius 2 is 1.78 bits per heavy atom. The molecule has 2 aromatic heterocycles. The van der Waals surface area contributed by atoms with Gasteiger partial charge >= 0.3 is 7.12 Å². The highest BCUT2D eigenvalue weighted by Gasteiger charge is 2.51. The van der Waals surface area contributed by atoms with Crippen LogP contribution in [0.15, 0.2) is 42.6 Å². The molecule has 1 saturated heterocycles. The van der Waals surface area contributed by atoms with Crippen molar-refractivity contribution in [2.24, 2.45) is 0 Å². The standard InChI is InChI=1S/C21H24BN3O2/c1-20(2)21(3,4)27-22(26-20)16-11-10-15-13-23-25(18(15)12-16)19-7-5-6-17(24-19)14-8-9-14/h5-7,10-14H,8-9H2,1-4H3. The molecule has 1 aromatic carbocycles. The highest BCUT2D eigenvalue weighted by Crippen LogP contribution is 2.39. The summed E-state index contributed by atoms with van der Waals surface area (Å²) < 4.78 is 14.3. The number of pyridine rings is 1. The Labute approximate surface area is 159 Å². The summed E-state index contributed by atoms with van der Waals surface area (Å²) in [5, 5.41) is 5.66. The average molecular weight is 361 g/mol. The van der Waals surface area contributed by atoms with E-state index in [-0.39, 0.29) is 18.3 Å². The molecular weight excluding hydrogens is 337 g/mol. The molecule has 0 bridgehead atoms. The van der Waals surface area contributed by atoms with Gasteiger partial charge in [-0.3, -0.25) is 0 Å². The SMILES string of the molecule is CC1(C)OB(c2ccc3cnn(-c4cccc(C5CC5)n4)c3c2)OC1(C)C. The highest BCUT2D eigenvalue weighted by atomic mass is 16.7. The Balaban J connectivity index is 1.55. The van der Waals surface area contributed by atoms with Gasteiger partial charge in [0.1, 0.15) is 0 Å². The van der Waals surface area contributed by atoms with Crippen LogP contribution in [0.4, 0.5) is 0 Å². The first-order valence-corrected chi connectivity index (χ1v) is 9.65. The van der Waals surface area contributed by atoms with Crippen LogP contribution in [0.25, 0.3) is 16.7 Å². The van der Waals surface area contributed by atoms with Crippen molar-refractivity contribution in [1.82, 2.24) is 14.8 Å². The van der Waals surface area contributed by atoms with Crippen LogP contribution in [0, 0.1) is 0 Å². The van der Waals surface area contributed by atoms with E-state index in [1.165, 1.54) is 18.5 Å². The molecule has 2 fully saturated rings. The third kappa shape index (κ3) is 2.79. The maximum Gasteiger partial charge on any atom is 0.494 e. The molecule has 27 heavy (non-hydrogen) atoms. The lowest BCUT2D eigenvalue weighted by molar-refractivity contribution is 0.00578. The van der Waals surface area contributed by atoms with Gasteiger partial charge in [0.2, 0.25) is 0 Å². The first kappa shape index (κ1) is 17.0. The molecule has 1 aliphatic heterocycles. The van der Waals surface area contributed by atoms with Gasteiger partial charge in [-0.25, -0.2) is 9.67 Å². The minimum Gasteiger partial charge on any atom is -0.399 e. The number of hydrogen-bond donors (Lipinski definition) is 0. The van der Waals surface area contributed by atoms with Crippen LogP contribution >= 0.6 is 0 Å². The van der Waals surface area contributed by atoms with E-state index in [1.807, 2.05) is 16.9 Å². The Morgan fingerprint density at radius 1 is 1.04 bits per heavy atom. The molecule has 3 aromatic rings. The number of benzene rings is 1. The van der Waals surface area contributed by atoms with Crippen LogP contribution in [0.5, 0.6) is 0 Å². The van der Waals surface area contributed by atoms with E-state index in [2.05, 4.69) is 63.1 Å². The Bertz CT molecular complexity index is 1010. The van der Waals surface area contributed by atoms with E-state index in [0.29, 0.717) is 5.92 Å². The fraction of sp³-hybridized carbons (Fsp3) is 0.429. The van der Waals surface area contributed by atoms with Crippen LogP contribution < -0.4 is 5.46 Å². The van der Waals surface area contributed by atoms with Crippen molar-refractivity contribution in [1.29, 1.82) is 0 Å². The van der Waals surface area contributed by atoms with Gasteiger partial charge in [-0.1, -0.05) is 18.2 Å². The van der Waals surface area contributed by atoms with Gasteiger partial charge in [-0.15, -0.1) is 0 Å². The number of fused-ring (bicyclic) bond motifs is 1. The second-order valence-corrected chi connectivity index (χ2v) is 8.66. The molecule has 5 rings (SSSR count). The van der Waals surface area contributed by atoms with Crippen molar-refractivity contribution in [2.45, 2.75) is 57.7 Å². The largest absolute Gasteiger partial charge is 0.494 e. The Kier molecular flexibility index (Phi) is 3.56. The summed E-state index contributed by atoms with van der Waals surface area (Å²) in [6.07, 6.45) is 4.36. The lowest BCUT2D eigenvalue weighted by atomic mass is 9.79. The summed E-state index contributed by atoms with van der Waals surface area (Å²) in [6.45, 7) is 8.29. The van der Waals surface area contributed by atoms with Crippen LogP contribution in [-0.2, 0) is 9.31 Å². The normalized spacial score (nSPS) is 21.1. The van der Waals surface area contributed by atoms with Gasteiger partial charge in [-0.2, -0.15) is 5.10 Å². The highest BCUT2D eigenvalue weighted by molar-refractivity contribution is 6.62. The van der Waals surface area contributed by atoms with Crippen molar-refractivity contribution in [3.63, 3.8) is 0 Å². The van der Waals surface area contributed by atoms with Crippen molar-refractivity contribution in [3.05, 3.63) is 48.3 Å². The van der Waals surface area contributed by atoms with E-state index < -0.39 is 0 Å². The summed E-state index contributed by atoms with van der Waals surface area (Å²) in [6, 6.07) is 12.4. The van der Waals surface area contributed by atoms with E-state index in [4.69, 9.17) is 14.3 Å². The molecule has 0 spiro atoms. The maximum absolute atomic E-state index is 6.21. The van der Waals surface area contributed by atoms with Crippen LogP contribution in [-0.4, -0.2) is 33.1 Å². The Hall–Kier alpha value is -2.18. The summed E-state index contributed by atoms with van der Waals surface area (Å²) >= 11 is 0. The van der Waals surface area contributed by atoms with E-state index >= 15 is 0 Å². The zero-order valence-electron chi connectivity index (χ0n) is 16.3. The molecule has 2 aliphatic rings. The molecular formula is C21H24BN3O2. The molecule has 1 aliphatic carbocycles. The minimum atomic E-state index is -0.381. The molecule has 138 valence electrons. The average Bonchev–Trinajstić information content (AvgIpc) is 3.35. The minimum absolute atomic E-state index is 0.354. The fourth-order valence-corrected chi connectivity index (χ4v) is 3.51. The second kappa shape index (κ2) is 5.66. The predicted octanol–water partition coefficient (Wildman–Crippen LogP) is 3.60. The molecule has 3 heterocycles. The molecule has 0 unspecified atom stereocenters. The van der Waals surface area contributed by atoms with Gasteiger partial charge in [0.15, 0.2) is 5.82 Å². The molecule has 5 nitrogen and oxygen atoms in total. The van der Waals surface area contributed by atoms with Crippen molar-refractivity contribution in [3.8, 4) is 5.82 Å². The van der Waals surface area contributed by atoms with Gasteiger partial charge in [0.25, 0.3) is 0 Å². The van der Waals surface area contributed by atoms with Crippen LogP contribution in [0.3, 0.4) is 0 Å². The summed E-state index contributed by atoms with van der Waals surface area (Å²) in [7, 11) is -0.381. The van der Waals surface area contributed by atoms with Gasteiger partial charge in [0, 0.05) is 17.0 Å². The van der Waals surface area contributed by atoms with Crippen molar-refractivity contribution < 1.29 is 9.31 Å². The summed E-state index contributed by atoms with van der Waals surface area (Å²) in [5.41, 5.74) is 2.47. The number of hydrogen-bond acceptors (Lipinski definition) is 4. The number of nitrogens with zero attached hydrogens (tertiary/aromatic N) is 3. The molecule has 6 heteroatoms. The first-order chi connectivity index (χ1) is 12.8. The van der Waals surface area contributed by atoms with Gasteiger partial charge < -0.3 is 9.31 Å². The van der Waals surface area contributed by atoms with Crippen molar-refractivity contribution >= 4 is 23.5 Å². The number of rotatable bonds is 3. The monoisotopic (exact) mass is 361 g/mol. The zero-order chi connectivity index (χ0) is 18.8. The molecule has 0 amide bonds. The molecule has 1 saturated carbocycles. The lowest BCUT2D eigenvalue weighted by Crippen LogP contribution is -2.41. The third-order valence-electron chi connectivity index (χ3n) is 6.09. The number of aromatic nitrogens is 3. The van der Waals surface area contributed by atoms with E-state index in [0.717, 1.165) is 22.2 Å². The zero-order valence-corrected chi connectivity index (χ0v) is 16.3. The smallest absolute Gasteiger partial charge is 0.399 e. The maximum atomic E-state index is 6.21. The van der Waals surface area contributed by atoms with Crippen LogP contribution in [0.1, 0.15) is 52.1 Å². The molecule has 0 radical (unpaired) electrons. The summed E-state index contributed by atoms with van der Waals surface area (Å²) in [4.78, 5) is 4.84. The quantitative estimate of drug-likeness (QED) is 0.669. The Morgan fingerprint density at radius 3 is 2.48 bits per heavy atom.